The molecule has 1 aliphatic heterocycles. The van der Waals surface area contributed by atoms with Gasteiger partial charge in [-0.3, -0.25) is 9.78 Å². The minimum atomic E-state index is -0.322. The van der Waals surface area contributed by atoms with E-state index in [0.717, 1.165) is 12.1 Å². The minimum Gasteiger partial charge on any atom is -0.333 e. The second-order valence-corrected chi connectivity index (χ2v) is 7.03. The third kappa shape index (κ3) is 3.14. The number of rotatable bonds is 3. The molecule has 1 amide bonds. The molecule has 2 heterocycles. The van der Waals surface area contributed by atoms with E-state index >= 15 is 0 Å². The number of piperazine rings is 1. The van der Waals surface area contributed by atoms with Crippen LogP contribution in [-0.2, 0) is 4.79 Å². The zero-order valence-electron chi connectivity index (χ0n) is 13.7. The van der Waals surface area contributed by atoms with Crippen LogP contribution in [-0.4, -0.2) is 35.4 Å². The average molecular weight is 360 g/mol. The van der Waals surface area contributed by atoms with E-state index in [0.29, 0.717) is 30.1 Å². The first kappa shape index (κ1) is 16.5. The van der Waals surface area contributed by atoms with E-state index < -0.39 is 0 Å². The highest BCUT2D eigenvalue weighted by Crippen LogP contribution is 2.52. The van der Waals surface area contributed by atoms with Gasteiger partial charge in [-0.05, 0) is 30.2 Å². The highest BCUT2D eigenvalue weighted by atomic mass is 35.5. The molecule has 3 atom stereocenters. The molecule has 1 saturated carbocycles. The van der Waals surface area contributed by atoms with Crippen molar-refractivity contribution in [2.45, 2.75) is 18.4 Å². The molecular weight excluding hydrogens is 341 g/mol. The number of pyridine rings is 1. The molecule has 6 heteroatoms. The van der Waals surface area contributed by atoms with Crippen molar-refractivity contribution in [3.05, 3.63) is 64.7 Å². The lowest BCUT2D eigenvalue weighted by Crippen LogP contribution is -2.49. The molecule has 2 aliphatic rings. The third-order valence-corrected chi connectivity index (χ3v) is 5.40. The Bertz CT molecular complexity index is 765. The van der Waals surface area contributed by atoms with Crippen LogP contribution in [0.2, 0.25) is 5.02 Å². The summed E-state index contributed by atoms with van der Waals surface area (Å²) in [6.45, 7) is 2.11. The van der Waals surface area contributed by atoms with Gasteiger partial charge in [0.25, 0.3) is 0 Å². The molecule has 4 nitrogen and oxygen atoms in total. The van der Waals surface area contributed by atoms with Crippen LogP contribution in [0.15, 0.2) is 42.7 Å². The number of nitrogens with one attached hydrogen (secondary N) is 1. The number of aromatic nitrogens is 1. The number of carbonyl (C=O) groups is 1. The Morgan fingerprint density at radius 2 is 2.20 bits per heavy atom. The molecule has 1 aliphatic carbocycles. The fourth-order valence-electron chi connectivity index (χ4n) is 3.70. The number of carbonyl (C=O) groups excluding carboxylic acids is 1. The smallest absolute Gasteiger partial charge is 0.226 e. The summed E-state index contributed by atoms with van der Waals surface area (Å²) in [5.74, 6) is -0.547. The summed E-state index contributed by atoms with van der Waals surface area (Å²) >= 11 is 6.16. The van der Waals surface area contributed by atoms with Crippen LogP contribution in [0.1, 0.15) is 29.5 Å². The molecule has 25 heavy (non-hydrogen) atoms. The fourth-order valence-corrected chi connectivity index (χ4v) is 4.01. The average Bonchev–Trinajstić information content (AvgIpc) is 3.42. The van der Waals surface area contributed by atoms with Crippen molar-refractivity contribution in [2.75, 3.05) is 19.6 Å². The second kappa shape index (κ2) is 6.73. The first-order valence-electron chi connectivity index (χ1n) is 8.52. The van der Waals surface area contributed by atoms with Crippen LogP contribution in [0.4, 0.5) is 4.39 Å². The Morgan fingerprint density at radius 3 is 2.96 bits per heavy atom. The van der Waals surface area contributed by atoms with Crippen LogP contribution in [0.25, 0.3) is 0 Å². The van der Waals surface area contributed by atoms with Crippen LogP contribution >= 0.6 is 11.6 Å². The van der Waals surface area contributed by atoms with Gasteiger partial charge in [-0.25, -0.2) is 4.39 Å². The third-order valence-electron chi connectivity index (χ3n) is 5.07. The van der Waals surface area contributed by atoms with Gasteiger partial charge in [0.1, 0.15) is 5.82 Å². The van der Waals surface area contributed by atoms with Gasteiger partial charge in [0, 0.05) is 54.4 Å². The molecule has 0 radical (unpaired) electrons. The largest absolute Gasteiger partial charge is 0.333 e. The fraction of sp³-hybridized carbons (Fsp3) is 0.368. The maximum Gasteiger partial charge on any atom is 0.226 e. The standard InChI is InChI=1S/C19H19ClFN3O/c20-15-4-1-5-16(21)18(15)13-9-14(13)19(25)24-8-7-23-11-17(24)12-3-2-6-22-10-12/h1-6,10,13-14,17,23H,7-9,11H2. The SMILES string of the molecule is O=C(C1CC1c1c(F)cccc1Cl)N1CCNCC1c1cccnc1. The molecule has 1 aromatic carbocycles. The van der Waals surface area contributed by atoms with E-state index in [2.05, 4.69) is 10.3 Å². The molecule has 1 aromatic heterocycles. The van der Waals surface area contributed by atoms with Gasteiger partial charge < -0.3 is 10.2 Å². The van der Waals surface area contributed by atoms with Crippen molar-refractivity contribution < 1.29 is 9.18 Å². The Hall–Kier alpha value is -1.98. The first-order valence-corrected chi connectivity index (χ1v) is 8.89. The zero-order chi connectivity index (χ0) is 17.4. The van der Waals surface area contributed by atoms with Crippen LogP contribution in [0.3, 0.4) is 0 Å². The van der Waals surface area contributed by atoms with Gasteiger partial charge in [-0.2, -0.15) is 0 Å². The van der Waals surface area contributed by atoms with Crippen LogP contribution in [0.5, 0.6) is 0 Å². The van der Waals surface area contributed by atoms with Gasteiger partial charge in [0.15, 0.2) is 0 Å². The number of hydrogen-bond donors (Lipinski definition) is 1. The maximum absolute atomic E-state index is 14.1. The number of hydrogen-bond acceptors (Lipinski definition) is 3. The first-order chi connectivity index (χ1) is 12.2. The Morgan fingerprint density at radius 1 is 1.32 bits per heavy atom. The molecule has 0 spiro atoms. The molecule has 1 saturated heterocycles. The topological polar surface area (TPSA) is 45.2 Å². The van der Waals surface area contributed by atoms with Crippen LogP contribution in [0, 0.1) is 11.7 Å². The number of halogens is 2. The molecule has 1 N–H and O–H groups in total. The molecule has 4 rings (SSSR count). The Labute approximate surface area is 151 Å². The summed E-state index contributed by atoms with van der Waals surface area (Å²) in [6.07, 6.45) is 4.18. The Balaban J connectivity index is 1.54. The molecule has 2 aromatic rings. The normalized spacial score (nSPS) is 25.7. The van der Waals surface area contributed by atoms with E-state index in [1.54, 1.807) is 24.5 Å². The van der Waals surface area contributed by atoms with Gasteiger partial charge in [-0.15, -0.1) is 0 Å². The Kier molecular flexibility index (Phi) is 4.44. The summed E-state index contributed by atoms with van der Waals surface area (Å²) in [5, 5.41) is 3.74. The summed E-state index contributed by atoms with van der Waals surface area (Å²) in [4.78, 5) is 19.1. The lowest BCUT2D eigenvalue weighted by Gasteiger charge is -2.36. The van der Waals surface area contributed by atoms with Crippen molar-refractivity contribution >= 4 is 17.5 Å². The minimum absolute atomic E-state index is 0.0349. The van der Waals surface area contributed by atoms with E-state index in [1.165, 1.54) is 6.07 Å². The quantitative estimate of drug-likeness (QED) is 0.915. The summed E-state index contributed by atoms with van der Waals surface area (Å²) in [7, 11) is 0. The van der Waals surface area contributed by atoms with Gasteiger partial charge >= 0.3 is 0 Å². The molecule has 3 unspecified atom stereocenters. The molecule has 2 fully saturated rings. The monoisotopic (exact) mass is 359 g/mol. The van der Waals surface area contributed by atoms with E-state index in [9.17, 15) is 9.18 Å². The lowest BCUT2D eigenvalue weighted by atomic mass is 10.0. The second-order valence-electron chi connectivity index (χ2n) is 6.62. The number of amides is 1. The summed E-state index contributed by atoms with van der Waals surface area (Å²) < 4.78 is 14.1. The van der Waals surface area contributed by atoms with Gasteiger partial charge in [0.2, 0.25) is 5.91 Å². The van der Waals surface area contributed by atoms with Crippen LogP contribution < -0.4 is 5.32 Å². The predicted molar refractivity (Wildman–Crippen MR) is 93.8 cm³/mol. The van der Waals surface area contributed by atoms with Gasteiger partial charge in [0.05, 0.1) is 6.04 Å². The lowest BCUT2D eigenvalue weighted by molar-refractivity contribution is -0.136. The van der Waals surface area contributed by atoms with Crippen molar-refractivity contribution in [2.24, 2.45) is 5.92 Å². The van der Waals surface area contributed by atoms with Gasteiger partial charge in [-0.1, -0.05) is 23.7 Å². The van der Waals surface area contributed by atoms with E-state index in [-0.39, 0.29) is 29.6 Å². The predicted octanol–water partition coefficient (Wildman–Crippen LogP) is 3.15. The zero-order valence-corrected chi connectivity index (χ0v) is 14.4. The highest BCUT2D eigenvalue weighted by molar-refractivity contribution is 6.31. The van der Waals surface area contributed by atoms with Crippen molar-refractivity contribution in [1.29, 1.82) is 0 Å². The molecule has 130 valence electrons. The summed E-state index contributed by atoms with van der Waals surface area (Å²) in [6, 6.07) is 8.52. The maximum atomic E-state index is 14.1. The number of nitrogens with zero attached hydrogens (tertiary/aromatic N) is 2. The molecular formula is C19H19ClFN3O. The highest BCUT2D eigenvalue weighted by Gasteiger charge is 2.49. The van der Waals surface area contributed by atoms with Crippen molar-refractivity contribution in [3.63, 3.8) is 0 Å². The summed E-state index contributed by atoms with van der Waals surface area (Å²) in [5.41, 5.74) is 1.50. The number of benzene rings is 1. The van der Waals surface area contributed by atoms with E-state index in [1.807, 2.05) is 17.0 Å². The molecule has 0 bridgehead atoms. The van der Waals surface area contributed by atoms with Crippen molar-refractivity contribution in [3.8, 4) is 0 Å². The van der Waals surface area contributed by atoms with E-state index in [4.69, 9.17) is 11.6 Å². The van der Waals surface area contributed by atoms with Crippen molar-refractivity contribution in [1.82, 2.24) is 15.2 Å².